The summed E-state index contributed by atoms with van der Waals surface area (Å²) in [4.78, 5) is 63.2. The van der Waals surface area contributed by atoms with Gasteiger partial charge in [0.25, 0.3) is 5.56 Å². The summed E-state index contributed by atoms with van der Waals surface area (Å²) in [5.74, 6) is 4.35. The summed E-state index contributed by atoms with van der Waals surface area (Å²) in [7, 11) is -11.5. The van der Waals surface area contributed by atoms with Crippen molar-refractivity contribution >= 4 is 52.3 Å². The number of rotatable bonds is 16. The van der Waals surface area contributed by atoms with Gasteiger partial charge in [-0.15, -0.1) is 12.3 Å². The number of hydrogen-bond donors (Lipinski definition) is 5. The van der Waals surface area contributed by atoms with Crippen LogP contribution in [0.3, 0.4) is 0 Å². The lowest BCUT2D eigenvalue weighted by Crippen LogP contribution is -2.33. The highest BCUT2D eigenvalue weighted by Crippen LogP contribution is 2.66. The average molecular weight is 733 g/mol. The molecule has 2 fully saturated rings. The molecule has 45 heavy (non-hydrogen) atoms. The SMILES string of the molecule is C#CC1CC(C)CC1C[B]C(C)(C)SSCO[C@@H]1C[C@H](n2cc(C)c(=O)[nH]c2=O)OC1COP(=O)(O)OP(=O)(O)OP(=O)(O)O. The Hall–Kier alpha value is -0.665. The molecule has 6 unspecified atom stereocenters. The smallest absolute Gasteiger partial charge is 0.364 e. The van der Waals surface area contributed by atoms with E-state index in [-0.39, 0.29) is 28.5 Å². The van der Waals surface area contributed by atoms with Gasteiger partial charge in [-0.05, 0) is 36.2 Å². The number of aryl methyl sites for hydroxylation is 1. The van der Waals surface area contributed by atoms with Crippen LogP contribution in [0.15, 0.2) is 15.8 Å². The molecule has 1 aliphatic heterocycles. The van der Waals surface area contributed by atoms with Crippen molar-refractivity contribution < 1.29 is 55.9 Å². The van der Waals surface area contributed by atoms with Crippen molar-refractivity contribution in [2.24, 2.45) is 17.8 Å². The second kappa shape index (κ2) is 15.7. The van der Waals surface area contributed by atoms with E-state index in [4.69, 9.17) is 30.2 Å². The molecule has 2 aliphatic rings. The van der Waals surface area contributed by atoms with Crippen molar-refractivity contribution in [1.29, 1.82) is 0 Å². The van der Waals surface area contributed by atoms with Gasteiger partial charge in [-0.1, -0.05) is 48.7 Å². The Morgan fingerprint density at radius 3 is 2.49 bits per heavy atom. The van der Waals surface area contributed by atoms with Crippen LogP contribution in [0.4, 0.5) is 0 Å². The van der Waals surface area contributed by atoms with Crippen molar-refractivity contribution in [1.82, 2.24) is 9.55 Å². The molecule has 1 aromatic heterocycles. The van der Waals surface area contributed by atoms with Crippen LogP contribution in [0.25, 0.3) is 0 Å². The second-order valence-electron chi connectivity index (χ2n) is 11.4. The van der Waals surface area contributed by atoms with Crippen LogP contribution in [-0.2, 0) is 36.3 Å². The molecule has 253 valence electrons. The third-order valence-electron chi connectivity index (χ3n) is 7.12. The summed E-state index contributed by atoms with van der Waals surface area (Å²) in [6, 6.07) is 0. The van der Waals surface area contributed by atoms with Gasteiger partial charge in [0.05, 0.1) is 12.7 Å². The number of ether oxygens (including phenoxy) is 2. The first-order valence-electron chi connectivity index (χ1n) is 13.7. The fraction of sp³-hybridized carbons (Fsp3) is 0.739. The lowest BCUT2D eigenvalue weighted by molar-refractivity contribution is -0.0543. The van der Waals surface area contributed by atoms with Crippen LogP contribution >= 0.6 is 45.1 Å². The number of terminal acetylenes is 1. The maximum atomic E-state index is 12.5. The summed E-state index contributed by atoms with van der Waals surface area (Å²) in [6.07, 6.45) is 7.10. The van der Waals surface area contributed by atoms with E-state index in [2.05, 4.69) is 47.6 Å². The Morgan fingerprint density at radius 2 is 1.84 bits per heavy atom. The minimum atomic E-state index is -5.72. The van der Waals surface area contributed by atoms with Crippen molar-refractivity contribution in [3.8, 4) is 12.3 Å². The van der Waals surface area contributed by atoms with Gasteiger partial charge in [-0.25, -0.2) is 18.5 Å². The molecule has 1 radical (unpaired) electrons. The molecule has 0 amide bonds. The van der Waals surface area contributed by atoms with Gasteiger partial charge in [0.1, 0.15) is 25.6 Å². The number of phosphoric ester groups is 1. The predicted octanol–water partition coefficient (Wildman–Crippen LogP) is 3.35. The summed E-state index contributed by atoms with van der Waals surface area (Å²) in [6.45, 7) is 7.06. The monoisotopic (exact) mass is 733 g/mol. The zero-order valence-corrected chi connectivity index (χ0v) is 29.2. The van der Waals surface area contributed by atoms with E-state index in [1.807, 2.05) is 0 Å². The lowest BCUT2D eigenvalue weighted by atomic mass is 9.58. The van der Waals surface area contributed by atoms with Crippen molar-refractivity contribution in [2.75, 3.05) is 12.5 Å². The largest absolute Gasteiger partial charge is 0.490 e. The highest BCUT2D eigenvalue weighted by Gasteiger charge is 2.44. The predicted molar refractivity (Wildman–Crippen MR) is 168 cm³/mol. The summed E-state index contributed by atoms with van der Waals surface area (Å²) < 4.78 is 59.8. The number of nitrogens with one attached hydrogen (secondary N) is 1. The Labute approximate surface area is 268 Å². The van der Waals surface area contributed by atoms with E-state index < -0.39 is 59.8 Å². The van der Waals surface area contributed by atoms with Crippen LogP contribution in [0.5, 0.6) is 0 Å². The summed E-state index contributed by atoms with van der Waals surface area (Å²) in [5.41, 5.74) is -1.14. The van der Waals surface area contributed by atoms with Gasteiger partial charge < -0.3 is 29.0 Å². The Bertz CT molecular complexity index is 1500. The first kappa shape index (κ1) is 38.8. The van der Waals surface area contributed by atoms with E-state index in [1.54, 1.807) is 10.8 Å². The first-order chi connectivity index (χ1) is 20.7. The minimum absolute atomic E-state index is 0.0455. The van der Waals surface area contributed by atoms with Crippen molar-refractivity contribution in [3.05, 3.63) is 32.6 Å². The molecule has 0 spiro atoms. The van der Waals surface area contributed by atoms with Crippen molar-refractivity contribution in [3.63, 3.8) is 0 Å². The molecule has 1 aliphatic carbocycles. The Balaban J connectivity index is 1.62. The molecule has 5 N–H and O–H groups in total. The van der Waals surface area contributed by atoms with Gasteiger partial charge in [0, 0.05) is 24.1 Å². The molecule has 8 atom stereocenters. The van der Waals surface area contributed by atoms with Gasteiger partial charge in [-0.2, -0.15) is 8.62 Å². The molecule has 1 saturated heterocycles. The van der Waals surface area contributed by atoms with E-state index in [0.29, 0.717) is 11.8 Å². The van der Waals surface area contributed by atoms with Crippen LogP contribution in [0.2, 0.25) is 6.32 Å². The molecule has 1 aromatic rings. The number of hydrogen-bond acceptors (Lipinski definition) is 12. The quantitative estimate of drug-likeness (QED) is 0.0409. The molecule has 22 heteroatoms. The second-order valence-corrected chi connectivity index (χ2v) is 18.7. The number of phosphoric acid groups is 3. The normalized spacial score (nSPS) is 28.3. The fourth-order valence-corrected chi connectivity index (χ4v) is 10.3. The molecule has 0 aromatic carbocycles. The van der Waals surface area contributed by atoms with E-state index in [9.17, 15) is 33.1 Å². The zero-order valence-electron chi connectivity index (χ0n) is 24.9. The highest BCUT2D eigenvalue weighted by molar-refractivity contribution is 8.77. The molecule has 2 heterocycles. The van der Waals surface area contributed by atoms with Gasteiger partial charge >= 0.3 is 29.2 Å². The topological polar surface area (TPSA) is 233 Å². The Morgan fingerprint density at radius 1 is 1.16 bits per heavy atom. The van der Waals surface area contributed by atoms with Crippen LogP contribution in [0.1, 0.15) is 51.8 Å². The van der Waals surface area contributed by atoms with E-state index in [0.717, 1.165) is 23.7 Å². The molecule has 1 saturated carbocycles. The lowest BCUT2D eigenvalue weighted by Gasteiger charge is -2.25. The average Bonchev–Trinajstić information content (AvgIpc) is 3.46. The zero-order chi connectivity index (χ0) is 33.8. The number of aromatic nitrogens is 2. The summed E-state index contributed by atoms with van der Waals surface area (Å²) in [5, 5.41) is 0. The van der Waals surface area contributed by atoms with Gasteiger partial charge in [0.15, 0.2) is 0 Å². The van der Waals surface area contributed by atoms with Crippen LogP contribution < -0.4 is 11.2 Å². The van der Waals surface area contributed by atoms with Crippen molar-refractivity contribution in [2.45, 2.75) is 76.4 Å². The number of H-pyrrole nitrogens is 1. The molecule has 3 rings (SSSR count). The number of nitrogens with zero attached hydrogens (tertiary/aromatic N) is 1. The van der Waals surface area contributed by atoms with Crippen LogP contribution in [0, 0.1) is 37.0 Å². The van der Waals surface area contributed by atoms with Crippen LogP contribution in [-0.4, -0.2) is 65.8 Å². The summed E-state index contributed by atoms with van der Waals surface area (Å²) >= 11 is 0. The van der Waals surface area contributed by atoms with Gasteiger partial charge in [0.2, 0.25) is 0 Å². The first-order valence-corrected chi connectivity index (χ1v) is 20.5. The molecule has 16 nitrogen and oxygen atoms in total. The third kappa shape index (κ3) is 12.4. The molecule has 0 bridgehead atoms. The third-order valence-corrected chi connectivity index (χ3v) is 13.8. The molecular weight excluding hydrogens is 696 g/mol. The van der Waals surface area contributed by atoms with Gasteiger partial charge in [-0.3, -0.25) is 18.9 Å². The molecular formula is C23H37BN2O14P3S2. The highest BCUT2D eigenvalue weighted by atomic mass is 33.1. The Kier molecular flexibility index (Phi) is 13.5. The number of aromatic amines is 1. The maximum absolute atomic E-state index is 12.5. The van der Waals surface area contributed by atoms with E-state index in [1.165, 1.54) is 23.9 Å². The fourth-order valence-electron chi connectivity index (χ4n) is 5.10. The van der Waals surface area contributed by atoms with E-state index >= 15 is 0 Å². The maximum Gasteiger partial charge on any atom is 0.490 e. The minimum Gasteiger partial charge on any atom is -0.364 e. The standard InChI is InChI=1S/C23H37BN2O14P3S2/c1-6-16-7-14(2)8-17(16)10-24-23(4,5)45-44-13-36-18-9-20(26-11-15(3)21(27)25-22(26)28)38-19(18)12-37-42(32,33)40-43(34,35)39-41(29,30)31/h1,11,14,16-20H,7-10,12-13H2,2-5H3,(H,32,33)(H,34,35)(H,25,27,28)(H2,29,30,31)/t14?,16?,17?,18-,19?,20-/m1/s1.